The molecule has 2 rings (SSSR count). The zero-order valence-electron chi connectivity index (χ0n) is 11.2. The standard InChI is InChI=1S/C14H21N3O2/c1-10(19)14-16-12-9-11(15)5-6-13(12)17(14)7-3-2-4-8-18/h5-6,9-10,18-19H,2-4,7-8,15H2,1H3. The Hall–Kier alpha value is -1.59. The van der Waals surface area contributed by atoms with Crippen molar-refractivity contribution in [3.8, 4) is 0 Å². The Bertz CT molecular complexity index is 549. The molecule has 4 N–H and O–H groups in total. The van der Waals surface area contributed by atoms with Crippen LogP contribution >= 0.6 is 0 Å². The van der Waals surface area contributed by atoms with E-state index in [1.165, 1.54) is 0 Å². The van der Waals surface area contributed by atoms with Gasteiger partial charge < -0.3 is 20.5 Å². The van der Waals surface area contributed by atoms with E-state index < -0.39 is 6.10 Å². The first-order valence-corrected chi connectivity index (χ1v) is 6.68. The Morgan fingerprint density at radius 2 is 2.11 bits per heavy atom. The van der Waals surface area contributed by atoms with Crippen molar-refractivity contribution in [1.82, 2.24) is 9.55 Å². The molecule has 1 aromatic heterocycles. The summed E-state index contributed by atoms with van der Waals surface area (Å²) in [6, 6.07) is 5.61. The van der Waals surface area contributed by atoms with Crippen molar-refractivity contribution in [2.45, 2.75) is 38.8 Å². The Labute approximate surface area is 112 Å². The van der Waals surface area contributed by atoms with Crippen LogP contribution in [0.1, 0.15) is 38.1 Å². The molecule has 0 aliphatic carbocycles. The maximum Gasteiger partial charge on any atom is 0.138 e. The number of aromatic nitrogens is 2. The number of rotatable bonds is 6. The van der Waals surface area contributed by atoms with Crippen LogP contribution in [-0.4, -0.2) is 26.4 Å². The van der Waals surface area contributed by atoms with Gasteiger partial charge >= 0.3 is 0 Å². The average Bonchev–Trinajstić information content (AvgIpc) is 2.72. The monoisotopic (exact) mass is 263 g/mol. The van der Waals surface area contributed by atoms with Gasteiger partial charge in [-0.25, -0.2) is 4.98 Å². The molecule has 0 fully saturated rings. The lowest BCUT2D eigenvalue weighted by molar-refractivity contribution is 0.184. The van der Waals surface area contributed by atoms with E-state index >= 15 is 0 Å². The van der Waals surface area contributed by atoms with Gasteiger partial charge in [-0.15, -0.1) is 0 Å². The van der Waals surface area contributed by atoms with Crippen molar-refractivity contribution in [2.24, 2.45) is 0 Å². The minimum absolute atomic E-state index is 0.227. The second kappa shape index (κ2) is 6.04. The number of benzene rings is 1. The predicted molar refractivity (Wildman–Crippen MR) is 75.7 cm³/mol. The van der Waals surface area contributed by atoms with Gasteiger partial charge in [-0.2, -0.15) is 0 Å². The summed E-state index contributed by atoms with van der Waals surface area (Å²) in [5.41, 5.74) is 8.25. The lowest BCUT2D eigenvalue weighted by Gasteiger charge is -2.10. The number of nitrogens with two attached hydrogens (primary N) is 1. The van der Waals surface area contributed by atoms with E-state index in [-0.39, 0.29) is 6.61 Å². The number of aryl methyl sites for hydroxylation is 1. The SMILES string of the molecule is CC(O)c1nc2cc(N)ccc2n1CCCCCO. The Morgan fingerprint density at radius 3 is 2.79 bits per heavy atom. The predicted octanol–water partition coefficient (Wildman–Crippen LogP) is 1.83. The number of unbranched alkanes of at least 4 members (excludes halogenated alkanes) is 2. The zero-order valence-corrected chi connectivity index (χ0v) is 11.2. The molecule has 0 spiro atoms. The average molecular weight is 263 g/mol. The van der Waals surface area contributed by atoms with E-state index in [9.17, 15) is 5.11 Å². The molecule has 1 atom stereocenters. The molecule has 0 radical (unpaired) electrons. The van der Waals surface area contributed by atoms with Crippen molar-refractivity contribution in [2.75, 3.05) is 12.3 Å². The van der Waals surface area contributed by atoms with Gasteiger partial charge in [0.1, 0.15) is 11.9 Å². The summed E-state index contributed by atoms with van der Waals surface area (Å²) in [7, 11) is 0. The number of hydrogen-bond donors (Lipinski definition) is 3. The summed E-state index contributed by atoms with van der Waals surface area (Å²) in [6.45, 7) is 2.74. The van der Waals surface area contributed by atoms with Crippen molar-refractivity contribution in [3.05, 3.63) is 24.0 Å². The maximum absolute atomic E-state index is 9.82. The highest BCUT2D eigenvalue weighted by atomic mass is 16.3. The number of fused-ring (bicyclic) bond motifs is 1. The lowest BCUT2D eigenvalue weighted by Crippen LogP contribution is -2.07. The number of hydrogen-bond acceptors (Lipinski definition) is 4. The Morgan fingerprint density at radius 1 is 1.32 bits per heavy atom. The van der Waals surface area contributed by atoms with Gasteiger partial charge in [0.2, 0.25) is 0 Å². The van der Waals surface area contributed by atoms with Crippen LogP contribution in [0.25, 0.3) is 11.0 Å². The first kappa shape index (κ1) is 13.8. The summed E-state index contributed by atoms with van der Waals surface area (Å²) < 4.78 is 2.04. The van der Waals surface area contributed by atoms with Crippen LogP contribution in [0.15, 0.2) is 18.2 Å². The number of aliphatic hydroxyl groups excluding tert-OH is 2. The molecule has 104 valence electrons. The summed E-state index contributed by atoms with van der Waals surface area (Å²) in [6.07, 6.45) is 2.12. The molecule has 1 heterocycles. The highest BCUT2D eigenvalue weighted by Gasteiger charge is 2.14. The molecule has 0 bridgehead atoms. The van der Waals surface area contributed by atoms with E-state index in [1.54, 1.807) is 6.92 Å². The van der Waals surface area contributed by atoms with Gasteiger partial charge in [-0.3, -0.25) is 0 Å². The summed E-state index contributed by atoms with van der Waals surface area (Å²) in [5, 5.41) is 18.6. The first-order valence-electron chi connectivity index (χ1n) is 6.68. The van der Waals surface area contributed by atoms with Crippen molar-refractivity contribution >= 4 is 16.7 Å². The highest BCUT2D eigenvalue weighted by Crippen LogP contribution is 2.23. The molecule has 0 aliphatic rings. The van der Waals surface area contributed by atoms with E-state index in [0.717, 1.165) is 36.8 Å². The molecule has 2 aromatic rings. The first-order chi connectivity index (χ1) is 9.13. The van der Waals surface area contributed by atoms with Gasteiger partial charge in [0.25, 0.3) is 0 Å². The number of nitrogens with zero attached hydrogens (tertiary/aromatic N) is 2. The molecular formula is C14H21N3O2. The highest BCUT2D eigenvalue weighted by molar-refractivity contribution is 5.79. The summed E-state index contributed by atoms with van der Waals surface area (Å²) in [5.74, 6) is 0.671. The quantitative estimate of drug-likeness (QED) is 0.548. The second-order valence-corrected chi connectivity index (χ2v) is 4.83. The number of nitrogen functional groups attached to an aromatic ring is 1. The Balaban J connectivity index is 2.30. The van der Waals surface area contributed by atoms with Gasteiger partial charge in [0.05, 0.1) is 11.0 Å². The third kappa shape index (κ3) is 3.05. The van der Waals surface area contributed by atoms with Crippen LogP contribution in [0.2, 0.25) is 0 Å². The summed E-state index contributed by atoms with van der Waals surface area (Å²) in [4.78, 5) is 4.46. The van der Waals surface area contributed by atoms with Gasteiger partial charge in [0, 0.05) is 18.8 Å². The fourth-order valence-corrected chi connectivity index (χ4v) is 2.28. The van der Waals surface area contributed by atoms with E-state index in [2.05, 4.69) is 4.98 Å². The third-order valence-electron chi connectivity index (χ3n) is 3.22. The minimum atomic E-state index is -0.605. The molecular weight excluding hydrogens is 242 g/mol. The third-order valence-corrected chi connectivity index (χ3v) is 3.22. The lowest BCUT2D eigenvalue weighted by atomic mass is 10.2. The number of imidazole rings is 1. The van der Waals surface area contributed by atoms with Gasteiger partial charge in [-0.1, -0.05) is 0 Å². The van der Waals surface area contributed by atoms with Gasteiger partial charge in [-0.05, 0) is 44.4 Å². The summed E-state index contributed by atoms with van der Waals surface area (Å²) >= 11 is 0. The second-order valence-electron chi connectivity index (χ2n) is 4.83. The smallest absolute Gasteiger partial charge is 0.138 e. The molecule has 0 aliphatic heterocycles. The minimum Gasteiger partial charge on any atom is -0.399 e. The van der Waals surface area contributed by atoms with Crippen LogP contribution in [0.3, 0.4) is 0 Å². The normalized spacial score (nSPS) is 13.0. The van der Waals surface area contributed by atoms with E-state index in [1.807, 2.05) is 22.8 Å². The Kier molecular flexibility index (Phi) is 4.39. The van der Waals surface area contributed by atoms with Crippen molar-refractivity contribution in [1.29, 1.82) is 0 Å². The van der Waals surface area contributed by atoms with Crippen LogP contribution < -0.4 is 5.73 Å². The fraction of sp³-hybridized carbons (Fsp3) is 0.500. The molecule has 0 amide bonds. The van der Waals surface area contributed by atoms with Crippen LogP contribution in [0.5, 0.6) is 0 Å². The largest absolute Gasteiger partial charge is 0.399 e. The molecule has 5 nitrogen and oxygen atoms in total. The van der Waals surface area contributed by atoms with Crippen molar-refractivity contribution < 1.29 is 10.2 Å². The topological polar surface area (TPSA) is 84.3 Å². The zero-order chi connectivity index (χ0) is 13.8. The molecule has 0 saturated carbocycles. The molecule has 19 heavy (non-hydrogen) atoms. The molecule has 0 saturated heterocycles. The van der Waals surface area contributed by atoms with Crippen molar-refractivity contribution in [3.63, 3.8) is 0 Å². The van der Waals surface area contributed by atoms with Gasteiger partial charge in [0.15, 0.2) is 0 Å². The fourth-order valence-electron chi connectivity index (χ4n) is 2.28. The molecule has 1 aromatic carbocycles. The number of aliphatic hydroxyl groups is 2. The van der Waals surface area contributed by atoms with Crippen LogP contribution in [-0.2, 0) is 6.54 Å². The number of anilines is 1. The molecule has 5 heteroatoms. The molecule has 1 unspecified atom stereocenters. The van der Waals surface area contributed by atoms with E-state index in [0.29, 0.717) is 11.5 Å². The van der Waals surface area contributed by atoms with Crippen LogP contribution in [0, 0.1) is 0 Å². The maximum atomic E-state index is 9.82. The van der Waals surface area contributed by atoms with E-state index in [4.69, 9.17) is 10.8 Å². The van der Waals surface area contributed by atoms with Crippen LogP contribution in [0.4, 0.5) is 5.69 Å².